The molecule has 6 heteroatoms. The van der Waals surface area contributed by atoms with Crippen LogP contribution < -0.4 is 0 Å². The number of H-pyrrole nitrogens is 1. The molecule has 0 aliphatic rings. The van der Waals surface area contributed by atoms with E-state index in [-0.39, 0.29) is 0 Å². The Bertz CT molecular complexity index is 815. The second kappa shape index (κ2) is 5.80. The van der Waals surface area contributed by atoms with E-state index in [1.807, 2.05) is 36.4 Å². The highest BCUT2D eigenvalue weighted by Crippen LogP contribution is 2.15. The molecule has 0 atom stereocenters. The average Bonchev–Trinajstić information content (AvgIpc) is 2.89. The van der Waals surface area contributed by atoms with E-state index >= 15 is 0 Å². The van der Waals surface area contributed by atoms with Crippen molar-refractivity contribution in [3.8, 4) is 11.4 Å². The van der Waals surface area contributed by atoms with Crippen molar-refractivity contribution in [2.24, 2.45) is 5.10 Å². The smallest absolute Gasteiger partial charge is 0.216 e. The Morgan fingerprint density at radius 1 is 1.14 bits per heavy atom. The molecule has 0 saturated heterocycles. The van der Waals surface area contributed by atoms with Gasteiger partial charge in [0, 0.05) is 18.0 Å². The molecule has 3 rings (SSSR count). The first-order valence-corrected chi connectivity index (χ1v) is 6.84. The molecule has 0 aliphatic carbocycles. The van der Waals surface area contributed by atoms with E-state index in [1.54, 1.807) is 23.3 Å². The zero-order valence-corrected chi connectivity index (χ0v) is 12.2. The van der Waals surface area contributed by atoms with Crippen molar-refractivity contribution in [3.63, 3.8) is 0 Å². The van der Waals surface area contributed by atoms with Crippen molar-refractivity contribution in [1.29, 1.82) is 0 Å². The zero-order valence-electron chi connectivity index (χ0n) is 11.4. The summed E-state index contributed by atoms with van der Waals surface area (Å²) in [6.45, 7) is 2.05. The predicted molar refractivity (Wildman–Crippen MR) is 84.8 cm³/mol. The van der Waals surface area contributed by atoms with Gasteiger partial charge in [0.15, 0.2) is 5.82 Å². The van der Waals surface area contributed by atoms with E-state index in [4.69, 9.17) is 12.2 Å². The van der Waals surface area contributed by atoms with Crippen molar-refractivity contribution in [2.75, 3.05) is 0 Å². The van der Waals surface area contributed by atoms with Gasteiger partial charge in [-0.15, -0.1) is 0 Å². The maximum Gasteiger partial charge on any atom is 0.216 e. The third-order valence-electron chi connectivity index (χ3n) is 2.99. The SMILES string of the molecule is Cc1ccc(/C=N\n2c(-c3ccncc3)n[nH]c2=S)cc1. The molecule has 0 amide bonds. The third kappa shape index (κ3) is 2.95. The molecule has 0 aliphatic heterocycles. The number of pyridine rings is 1. The molecular weight excluding hydrogens is 282 g/mol. The summed E-state index contributed by atoms with van der Waals surface area (Å²) in [5.74, 6) is 0.658. The van der Waals surface area contributed by atoms with Crippen LogP contribution in [0.5, 0.6) is 0 Å². The van der Waals surface area contributed by atoms with Crippen LogP contribution in [0.3, 0.4) is 0 Å². The summed E-state index contributed by atoms with van der Waals surface area (Å²) in [4.78, 5) is 4.00. The molecular formula is C15H13N5S. The van der Waals surface area contributed by atoms with Gasteiger partial charge in [-0.1, -0.05) is 29.8 Å². The molecule has 104 valence electrons. The van der Waals surface area contributed by atoms with Gasteiger partial charge in [0.05, 0.1) is 6.21 Å². The van der Waals surface area contributed by atoms with Crippen molar-refractivity contribution in [2.45, 2.75) is 6.92 Å². The molecule has 3 aromatic rings. The minimum atomic E-state index is 0.449. The number of aromatic amines is 1. The standard InChI is InChI=1S/C15H13N5S/c1-11-2-4-12(5-3-11)10-17-20-14(18-19-15(20)21)13-6-8-16-9-7-13/h2-10H,1H3,(H,19,21)/b17-10-. The number of rotatable bonds is 3. The van der Waals surface area contributed by atoms with Gasteiger partial charge >= 0.3 is 0 Å². The second-order valence-electron chi connectivity index (χ2n) is 4.56. The molecule has 0 bridgehead atoms. The van der Waals surface area contributed by atoms with Crippen molar-refractivity contribution in [3.05, 3.63) is 64.7 Å². The largest absolute Gasteiger partial charge is 0.265 e. The van der Waals surface area contributed by atoms with Crippen LogP contribution in [0.15, 0.2) is 53.9 Å². The number of aromatic nitrogens is 4. The van der Waals surface area contributed by atoms with Crippen LogP contribution in [0.2, 0.25) is 0 Å². The predicted octanol–water partition coefficient (Wildman–Crippen LogP) is 3.19. The summed E-state index contributed by atoms with van der Waals surface area (Å²) < 4.78 is 2.05. The summed E-state index contributed by atoms with van der Waals surface area (Å²) in [6, 6.07) is 11.8. The quantitative estimate of drug-likeness (QED) is 0.596. The highest BCUT2D eigenvalue weighted by Gasteiger charge is 2.07. The number of benzene rings is 1. The van der Waals surface area contributed by atoms with Gasteiger partial charge in [-0.25, -0.2) is 5.10 Å². The number of hydrogen-bond donors (Lipinski definition) is 1. The lowest BCUT2D eigenvalue weighted by molar-refractivity contribution is 0.871. The van der Waals surface area contributed by atoms with Crippen LogP contribution in [0.4, 0.5) is 0 Å². The van der Waals surface area contributed by atoms with E-state index in [2.05, 4.69) is 27.2 Å². The van der Waals surface area contributed by atoms with Crippen LogP contribution in [0.25, 0.3) is 11.4 Å². The topological polar surface area (TPSA) is 58.9 Å². The Morgan fingerprint density at radius 2 is 1.86 bits per heavy atom. The van der Waals surface area contributed by atoms with Gasteiger partial charge < -0.3 is 0 Å². The first kappa shape index (κ1) is 13.4. The van der Waals surface area contributed by atoms with Crippen LogP contribution in [0, 0.1) is 11.7 Å². The normalized spacial score (nSPS) is 11.1. The molecule has 2 aromatic heterocycles. The summed E-state index contributed by atoms with van der Waals surface area (Å²) in [6.07, 6.45) is 5.18. The molecule has 5 nitrogen and oxygen atoms in total. The Morgan fingerprint density at radius 3 is 2.57 bits per heavy atom. The van der Waals surface area contributed by atoms with E-state index < -0.39 is 0 Å². The highest BCUT2D eigenvalue weighted by molar-refractivity contribution is 7.71. The molecule has 1 aromatic carbocycles. The van der Waals surface area contributed by atoms with Crippen molar-refractivity contribution in [1.82, 2.24) is 19.9 Å². The maximum absolute atomic E-state index is 5.22. The van der Waals surface area contributed by atoms with Crippen molar-refractivity contribution >= 4 is 18.4 Å². The van der Waals surface area contributed by atoms with Crippen molar-refractivity contribution < 1.29 is 0 Å². The van der Waals surface area contributed by atoms with E-state index in [0.717, 1.165) is 11.1 Å². The molecule has 0 saturated carbocycles. The Kier molecular flexibility index (Phi) is 3.70. The van der Waals surface area contributed by atoms with E-state index in [1.165, 1.54) is 5.56 Å². The minimum absolute atomic E-state index is 0.449. The third-order valence-corrected chi connectivity index (χ3v) is 3.25. The number of hydrogen-bond acceptors (Lipinski definition) is 4. The van der Waals surface area contributed by atoms with Crippen LogP contribution in [-0.2, 0) is 0 Å². The van der Waals surface area contributed by atoms with E-state index in [9.17, 15) is 0 Å². The number of aryl methyl sites for hydroxylation is 1. The van der Waals surface area contributed by atoms with Crippen LogP contribution >= 0.6 is 12.2 Å². The molecule has 0 fully saturated rings. The lowest BCUT2D eigenvalue weighted by Crippen LogP contribution is -1.95. The molecule has 1 N–H and O–H groups in total. The first-order chi connectivity index (χ1) is 10.2. The Labute approximate surface area is 127 Å². The summed E-state index contributed by atoms with van der Waals surface area (Å²) in [5, 5.41) is 11.4. The Hall–Kier alpha value is -2.60. The second-order valence-corrected chi connectivity index (χ2v) is 4.94. The lowest BCUT2D eigenvalue weighted by atomic mass is 10.2. The minimum Gasteiger partial charge on any atom is -0.265 e. The van der Waals surface area contributed by atoms with Gasteiger partial charge in [0.2, 0.25) is 4.77 Å². The fourth-order valence-electron chi connectivity index (χ4n) is 1.86. The fraction of sp³-hybridized carbons (Fsp3) is 0.0667. The highest BCUT2D eigenvalue weighted by atomic mass is 32.1. The van der Waals surface area contributed by atoms with E-state index in [0.29, 0.717) is 10.6 Å². The fourth-order valence-corrected chi connectivity index (χ4v) is 2.04. The first-order valence-electron chi connectivity index (χ1n) is 6.43. The summed E-state index contributed by atoms with van der Waals surface area (Å²) >= 11 is 5.22. The van der Waals surface area contributed by atoms with Gasteiger partial charge in [-0.3, -0.25) is 4.98 Å². The number of nitrogens with zero attached hydrogens (tertiary/aromatic N) is 4. The van der Waals surface area contributed by atoms with Gasteiger partial charge in [0.1, 0.15) is 0 Å². The van der Waals surface area contributed by atoms with Gasteiger partial charge in [-0.2, -0.15) is 14.9 Å². The van der Waals surface area contributed by atoms with Gasteiger partial charge in [-0.05, 0) is 36.8 Å². The molecule has 2 heterocycles. The maximum atomic E-state index is 5.22. The van der Waals surface area contributed by atoms with Crippen LogP contribution in [-0.4, -0.2) is 26.1 Å². The van der Waals surface area contributed by atoms with Gasteiger partial charge in [0.25, 0.3) is 0 Å². The number of nitrogens with one attached hydrogen (secondary N) is 1. The molecule has 0 radical (unpaired) electrons. The molecule has 21 heavy (non-hydrogen) atoms. The summed E-state index contributed by atoms with van der Waals surface area (Å²) in [5.41, 5.74) is 3.12. The Balaban J connectivity index is 1.98. The molecule has 0 unspecified atom stereocenters. The zero-order chi connectivity index (χ0) is 14.7. The summed E-state index contributed by atoms with van der Waals surface area (Å²) in [7, 11) is 0. The molecule has 0 spiro atoms. The average molecular weight is 295 g/mol. The lowest BCUT2D eigenvalue weighted by Gasteiger charge is -2.00. The monoisotopic (exact) mass is 295 g/mol. The van der Waals surface area contributed by atoms with Crippen LogP contribution in [0.1, 0.15) is 11.1 Å².